The predicted molar refractivity (Wildman–Crippen MR) is 91.7 cm³/mol. The van der Waals surface area contributed by atoms with Gasteiger partial charge in [0.2, 0.25) is 11.8 Å². The summed E-state index contributed by atoms with van der Waals surface area (Å²) in [6, 6.07) is 6.13. The number of carbonyl (C=O) groups excluding carboxylic acids is 3. The number of carbonyl (C=O) groups is 3. The first-order chi connectivity index (χ1) is 11.5. The predicted octanol–water partition coefficient (Wildman–Crippen LogP) is 0.585. The van der Waals surface area contributed by atoms with Crippen LogP contribution >= 0.6 is 0 Å². The summed E-state index contributed by atoms with van der Waals surface area (Å²) >= 11 is 0. The van der Waals surface area contributed by atoms with Crippen molar-refractivity contribution in [2.75, 3.05) is 32.5 Å². The van der Waals surface area contributed by atoms with Gasteiger partial charge in [-0.1, -0.05) is 12.1 Å². The molecule has 0 aromatic heterocycles. The zero-order valence-electron chi connectivity index (χ0n) is 14.1. The second kappa shape index (κ2) is 8.44. The maximum atomic E-state index is 12.2. The van der Waals surface area contributed by atoms with Crippen LogP contribution in [0, 0.1) is 0 Å². The van der Waals surface area contributed by atoms with E-state index in [1.165, 1.54) is 0 Å². The second-order valence-corrected chi connectivity index (χ2v) is 6.11. The van der Waals surface area contributed by atoms with Crippen molar-refractivity contribution in [1.29, 1.82) is 0 Å². The first-order valence-electron chi connectivity index (χ1n) is 8.09. The number of hydrogen-bond acceptors (Lipinski definition) is 4. The quantitative estimate of drug-likeness (QED) is 0.637. The van der Waals surface area contributed by atoms with Crippen molar-refractivity contribution in [3.63, 3.8) is 0 Å². The molecule has 1 aliphatic rings. The number of nitrogens with zero attached hydrogens (tertiary/aromatic N) is 1. The van der Waals surface area contributed by atoms with E-state index in [9.17, 15) is 14.4 Å². The van der Waals surface area contributed by atoms with Crippen LogP contribution in [0.2, 0.25) is 0 Å². The van der Waals surface area contributed by atoms with E-state index in [-0.39, 0.29) is 30.6 Å². The van der Waals surface area contributed by atoms with E-state index in [1.807, 2.05) is 14.1 Å². The summed E-state index contributed by atoms with van der Waals surface area (Å²) in [6.45, 7) is 1.51. The van der Waals surface area contributed by atoms with Gasteiger partial charge in [0.25, 0.3) is 5.91 Å². The minimum atomic E-state index is -0.711. The number of para-hydroxylation sites is 1. The third-order valence-corrected chi connectivity index (χ3v) is 3.82. The fourth-order valence-corrected chi connectivity index (χ4v) is 2.50. The van der Waals surface area contributed by atoms with Crippen LogP contribution in [0.25, 0.3) is 0 Å². The smallest absolute Gasteiger partial charge is 0.254 e. The SMILES string of the molecule is CN(C)CCCNC(=O)CCC1NC(=O)c2ccccc2NC1=O. The number of rotatable bonds is 7. The van der Waals surface area contributed by atoms with Gasteiger partial charge in [-0.3, -0.25) is 14.4 Å². The third kappa shape index (κ3) is 5.06. The van der Waals surface area contributed by atoms with Crippen molar-refractivity contribution in [2.45, 2.75) is 25.3 Å². The highest BCUT2D eigenvalue weighted by Gasteiger charge is 2.27. The first-order valence-corrected chi connectivity index (χ1v) is 8.09. The average Bonchev–Trinajstić information content (AvgIpc) is 2.66. The molecule has 0 saturated heterocycles. The summed E-state index contributed by atoms with van der Waals surface area (Å²) in [4.78, 5) is 38.3. The Bertz CT molecular complexity index is 616. The molecule has 3 amide bonds. The van der Waals surface area contributed by atoms with E-state index in [0.717, 1.165) is 13.0 Å². The summed E-state index contributed by atoms with van der Waals surface area (Å²) in [7, 11) is 3.96. The number of amides is 3. The van der Waals surface area contributed by atoms with Crippen molar-refractivity contribution < 1.29 is 14.4 Å². The molecule has 0 aliphatic carbocycles. The summed E-state index contributed by atoms with van der Waals surface area (Å²) in [6.07, 6.45) is 1.33. The van der Waals surface area contributed by atoms with Gasteiger partial charge in [0.1, 0.15) is 6.04 Å². The highest BCUT2D eigenvalue weighted by atomic mass is 16.2. The van der Waals surface area contributed by atoms with Crippen molar-refractivity contribution in [3.8, 4) is 0 Å². The molecule has 3 N–H and O–H groups in total. The number of benzene rings is 1. The van der Waals surface area contributed by atoms with E-state index in [4.69, 9.17) is 0 Å². The number of nitrogens with one attached hydrogen (secondary N) is 3. The minimum absolute atomic E-state index is 0.113. The molecule has 130 valence electrons. The van der Waals surface area contributed by atoms with Gasteiger partial charge >= 0.3 is 0 Å². The molecule has 1 heterocycles. The maximum Gasteiger partial charge on any atom is 0.254 e. The highest BCUT2D eigenvalue weighted by Crippen LogP contribution is 2.19. The first kappa shape index (κ1) is 17.9. The lowest BCUT2D eigenvalue weighted by Crippen LogP contribution is -2.42. The molecule has 0 saturated carbocycles. The fourth-order valence-electron chi connectivity index (χ4n) is 2.50. The van der Waals surface area contributed by atoms with Crippen LogP contribution in [0.15, 0.2) is 24.3 Å². The number of hydrogen-bond donors (Lipinski definition) is 3. The molecule has 7 heteroatoms. The van der Waals surface area contributed by atoms with Crippen molar-refractivity contribution in [1.82, 2.24) is 15.5 Å². The van der Waals surface area contributed by atoms with Crippen LogP contribution in [0.3, 0.4) is 0 Å². The summed E-state index contributed by atoms with van der Waals surface area (Å²) in [5.74, 6) is -0.716. The Labute approximate surface area is 141 Å². The van der Waals surface area contributed by atoms with Gasteiger partial charge in [-0.25, -0.2) is 0 Å². The molecule has 0 fully saturated rings. The Morgan fingerprint density at radius 3 is 2.75 bits per heavy atom. The molecule has 1 aromatic carbocycles. The van der Waals surface area contributed by atoms with Gasteiger partial charge in [-0.2, -0.15) is 0 Å². The van der Waals surface area contributed by atoms with Crippen LogP contribution in [0.5, 0.6) is 0 Å². The maximum absolute atomic E-state index is 12.2. The Kier molecular flexibility index (Phi) is 6.31. The summed E-state index contributed by atoms with van der Waals surface area (Å²) in [5.41, 5.74) is 0.928. The monoisotopic (exact) mass is 332 g/mol. The lowest BCUT2D eigenvalue weighted by atomic mass is 10.1. The van der Waals surface area contributed by atoms with E-state index >= 15 is 0 Å². The van der Waals surface area contributed by atoms with Gasteiger partial charge in [-0.05, 0) is 45.6 Å². The van der Waals surface area contributed by atoms with E-state index in [2.05, 4.69) is 20.9 Å². The number of fused-ring (bicyclic) bond motifs is 1. The van der Waals surface area contributed by atoms with Crippen molar-refractivity contribution >= 4 is 23.4 Å². The Morgan fingerprint density at radius 1 is 1.25 bits per heavy atom. The second-order valence-electron chi connectivity index (χ2n) is 6.11. The topological polar surface area (TPSA) is 90.5 Å². The van der Waals surface area contributed by atoms with Crippen LogP contribution in [0.4, 0.5) is 5.69 Å². The molecular formula is C17H24N4O3. The molecule has 1 aliphatic heterocycles. The third-order valence-electron chi connectivity index (χ3n) is 3.82. The van der Waals surface area contributed by atoms with Gasteiger partial charge in [-0.15, -0.1) is 0 Å². The average molecular weight is 332 g/mol. The molecule has 0 radical (unpaired) electrons. The lowest BCUT2D eigenvalue weighted by Gasteiger charge is -2.14. The normalized spacial score (nSPS) is 16.9. The van der Waals surface area contributed by atoms with Crippen molar-refractivity contribution in [2.24, 2.45) is 0 Å². The zero-order chi connectivity index (χ0) is 17.5. The molecule has 2 rings (SSSR count). The van der Waals surface area contributed by atoms with Gasteiger partial charge in [0, 0.05) is 13.0 Å². The number of anilines is 1. The fraction of sp³-hybridized carbons (Fsp3) is 0.471. The summed E-state index contributed by atoms with van der Waals surface area (Å²) < 4.78 is 0. The molecule has 0 spiro atoms. The molecule has 1 unspecified atom stereocenters. The van der Waals surface area contributed by atoms with E-state index < -0.39 is 6.04 Å². The minimum Gasteiger partial charge on any atom is -0.356 e. The Balaban J connectivity index is 1.82. The molecular weight excluding hydrogens is 308 g/mol. The molecule has 24 heavy (non-hydrogen) atoms. The highest BCUT2D eigenvalue weighted by molar-refractivity contribution is 6.09. The lowest BCUT2D eigenvalue weighted by molar-refractivity contribution is -0.121. The van der Waals surface area contributed by atoms with E-state index in [0.29, 0.717) is 17.8 Å². The summed E-state index contributed by atoms with van der Waals surface area (Å²) in [5, 5.41) is 8.24. The van der Waals surface area contributed by atoms with Crippen LogP contribution in [-0.2, 0) is 9.59 Å². The van der Waals surface area contributed by atoms with Crippen LogP contribution < -0.4 is 16.0 Å². The standard InChI is InChI=1S/C17H24N4O3/c1-21(2)11-5-10-18-15(22)9-8-14-17(24)19-13-7-4-3-6-12(13)16(23)20-14/h3-4,6-7,14H,5,8-11H2,1-2H3,(H,18,22)(H,19,24)(H,20,23). The molecule has 1 atom stereocenters. The van der Waals surface area contributed by atoms with Crippen molar-refractivity contribution in [3.05, 3.63) is 29.8 Å². The Morgan fingerprint density at radius 2 is 2.00 bits per heavy atom. The van der Waals surface area contributed by atoms with Gasteiger partial charge < -0.3 is 20.9 Å². The van der Waals surface area contributed by atoms with Gasteiger partial charge in [0.05, 0.1) is 11.3 Å². The molecule has 1 aromatic rings. The van der Waals surface area contributed by atoms with Crippen LogP contribution in [0.1, 0.15) is 29.6 Å². The molecule has 0 bridgehead atoms. The zero-order valence-corrected chi connectivity index (χ0v) is 14.1. The molecule has 7 nitrogen and oxygen atoms in total. The largest absolute Gasteiger partial charge is 0.356 e. The van der Waals surface area contributed by atoms with E-state index in [1.54, 1.807) is 24.3 Å². The Hall–Kier alpha value is -2.41. The van der Waals surface area contributed by atoms with Crippen LogP contribution in [-0.4, -0.2) is 55.8 Å². The van der Waals surface area contributed by atoms with Gasteiger partial charge in [0.15, 0.2) is 0 Å².